The summed E-state index contributed by atoms with van der Waals surface area (Å²) in [6, 6.07) is 15.2. The second-order valence-corrected chi connectivity index (χ2v) is 5.01. The van der Waals surface area contributed by atoms with Gasteiger partial charge in [0.2, 0.25) is 0 Å². The lowest BCUT2D eigenvalue weighted by molar-refractivity contribution is 0.155. The van der Waals surface area contributed by atoms with Crippen molar-refractivity contribution < 1.29 is 9.53 Å². The number of benzene rings is 2. The third kappa shape index (κ3) is 4.10. The van der Waals surface area contributed by atoms with Crippen LogP contribution in [0.1, 0.15) is 11.1 Å². The molecule has 1 N–H and O–H groups in total. The predicted molar refractivity (Wildman–Crippen MR) is 79.1 cm³/mol. The summed E-state index contributed by atoms with van der Waals surface area (Å²) in [5, 5.41) is 2.69. The Bertz CT molecular complexity index is 570. The van der Waals surface area contributed by atoms with Crippen molar-refractivity contribution in [3.8, 4) is 0 Å². The molecule has 0 fully saturated rings. The molecule has 19 heavy (non-hydrogen) atoms. The van der Waals surface area contributed by atoms with Crippen molar-refractivity contribution in [1.29, 1.82) is 0 Å². The predicted octanol–water partition coefficient (Wildman–Crippen LogP) is 4.51. The SMILES string of the molecule is Cc1ccc(NC(=O)OCc2ccccc2)cc1Br. The van der Waals surface area contributed by atoms with Gasteiger partial charge in [-0.15, -0.1) is 0 Å². The van der Waals surface area contributed by atoms with E-state index in [2.05, 4.69) is 21.2 Å². The molecule has 0 atom stereocenters. The van der Waals surface area contributed by atoms with E-state index in [-0.39, 0.29) is 6.61 Å². The zero-order valence-corrected chi connectivity index (χ0v) is 12.1. The third-order valence-corrected chi connectivity index (χ3v) is 3.49. The Balaban J connectivity index is 1.89. The van der Waals surface area contributed by atoms with E-state index in [0.29, 0.717) is 5.69 Å². The quantitative estimate of drug-likeness (QED) is 0.904. The number of rotatable bonds is 3. The van der Waals surface area contributed by atoms with Gasteiger partial charge in [0, 0.05) is 10.2 Å². The molecule has 3 nitrogen and oxygen atoms in total. The summed E-state index contributed by atoms with van der Waals surface area (Å²) in [6.07, 6.45) is -0.459. The maximum absolute atomic E-state index is 11.6. The number of nitrogens with one attached hydrogen (secondary N) is 1. The van der Waals surface area contributed by atoms with Gasteiger partial charge in [-0.2, -0.15) is 0 Å². The lowest BCUT2D eigenvalue weighted by atomic mass is 10.2. The van der Waals surface area contributed by atoms with E-state index in [9.17, 15) is 4.79 Å². The lowest BCUT2D eigenvalue weighted by Crippen LogP contribution is -2.13. The molecule has 4 heteroatoms. The number of anilines is 1. The summed E-state index contributed by atoms with van der Waals surface area (Å²) < 4.78 is 6.09. The van der Waals surface area contributed by atoms with E-state index < -0.39 is 6.09 Å². The Morgan fingerprint density at radius 2 is 1.95 bits per heavy atom. The minimum Gasteiger partial charge on any atom is -0.444 e. The number of ether oxygens (including phenoxy) is 1. The molecule has 2 aromatic rings. The Morgan fingerprint density at radius 1 is 1.21 bits per heavy atom. The Hall–Kier alpha value is -1.81. The van der Waals surface area contributed by atoms with Gasteiger partial charge in [0.1, 0.15) is 6.61 Å². The van der Waals surface area contributed by atoms with Crippen molar-refractivity contribution in [2.45, 2.75) is 13.5 Å². The summed E-state index contributed by atoms with van der Waals surface area (Å²) in [5.74, 6) is 0. The van der Waals surface area contributed by atoms with Crippen LogP contribution in [0, 0.1) is 6.92 Å². The van der Waals surface area contributed by atoms with Gasteiger partial charge < -0.3 is 4.74 Å². The number of hydrogen-bond donors (Lipinski definition) is 1. The normalized spacial score (nSPS) is 10.0. The molecule has 1 amide bonds. The van der Waals surface area contributed by atoms with Crippen LogP contribution in [0.15, 0.2) is 53.0 Å². The van der Waals surface area contributed by atoms with Gasteiger partial charge in [-0.05, 0) is 30.2 Å². The van der Waals surface area contributed by atoms with Crippen molar-refractivity contribution in [1.82, 2.24) is 0 Å². The van der Waals surface area contributed by atoms with Gasteiger partial charge in [0.05, 0.1) is 0 Å². The van der Waals surface area contributed by atoms with Crippen molar-refractivity contribution in [3.63, 3.8) is 0 Å². The van der Waals surface area contributed by atoms with Gasteiger partial charge in [-0.1, -0.05) is 52.3 Å². The fourth-order valence-corrected chi connectivity index (χ4v) is 1.93. The molecule has 0 unspecified atom stereocenters. The average molecular weight is 320 g/mol. The molecule has 98 valence electrons. The number of aryl methyl sites for hydroxylation is 1. The second-order valence-electron chi connectivity index (χ2n) is 4.15. The fraction of sp³-hybridized carbons (Fsp3) is 0.133. The molecule has 0 saturated heterocycles. The van der Waals surface area contributed by atoms with Crippen LogP contribution < -0.4 is 5.32 Å². The van der Waals surface area contributed by atoms with Crippen LogP contribution >= 0.6 is 15.9 Å². The molecular weight excluding hydrogens is 306 g/mol. The van der Waals surface area contributed by atoms with Crippen LogP contribution in [0.25, 0.3) is 0 Å². The largest absolute Gasteiger partial charge is 0.444 e. The number of halogens is 1. The summed E-state index contributed by atoms with van der Waals surface area (Å²) in [6.45, 7) is 2.25. The first kappa shape index (κ1) is 13.6. The minimum atomic E-state index is -0.459. The van der Waals surface area contributed by atoms with E-state index in [0.717, 1.165) is 15.6 Å². The summed E-state index contributed by atoms with van der Waals surface area (Å²) >= 11 is 3.42. The topological polar surface area (TPSA) is 38.3 Å². The maximum Gasteiger partial charge on any atom is 0.411 e. The molecule has 0 saturated carbocycles. The molecule has 2 rings (SSSR count). The van der Waals surface area contributed by atoms with Crippen molar-refractivity contribution >= 4 is 27.7 Å². The molecule has 0 aliphatic heterocycles. The number of hydrogen-bond acceptors (Lipinski definition) is 2. The molecule has 2 aromatic carbocycles. The van der Waals surface area contributed by atoms with E-state index in [1.807, 2.05) is 55.5 Å². The second kappa shape index (κ2) is 6.38. The summed E-state index contributed by atoms with van der Waals surface area (Å²) in [7, 11) is 0. The highest BCUT2D eigenvalue weighted by molar-refractivity contribution is 9.10. The van der Waals surface area contributed by atoms with E-state index >= 15 is 0 Å². The number of amides is 1. The Morgan fingerprint density at radius 3 is 2.63 bits per heavy atom. The standard InChI is InChI=1S/C15H14BrNO2/c1-11-7-8-13(9-14(11)16)17-15(18)19-10-12-5-3-2-4-6-12/h2-9H,10H2,1H3,(H,17,18). The van der Waals surface area contributed by atoms with Crippen molar-refractivity contribution in [2.24, 2.45) is 0 Å². The van der Waals surface area contributed by atoms with Gasteiger partial charge in [0.15, 0.2) is 0 Å². The number of carbonyl (C=O) groups excluding carboxylic acids is 1. The lowest BCUT2D eigenvalue weighted by Gasteiger charge is -2.08. The zero-order valence-electron chi connectivity index (χ0n) is 10.5. The third-order valence-electron chi connectivity index (χ3n) is 2.63. The number of carbonyl (C=O) groups is 1. The van der Waals surface area contributed by atoms with Gasteiger partial charge in [-0.25, -0.2) is 4.79 Å². The van der Waals surface area contributed by atoms with E-state index in [1.165, 1.54) is 0 Å². The molecular formula is C15H14BrNO2. The fourth-order valence-electron chi connectivity index (χ4n) is 1.55. The highest BCUT2D eigenvalue weighted by Gasteiger charge is 2.04. The zero-order chi connectivity index (χ0) is 13.7. The molecule has 0 bridgehead atoms. The van der Waals surface area contributed by atoms with E-state index in [4.69, 9.17) is 4.74 Å². The first-order valence-electron chi connectivity index (χ1n) is 5.89. The molecule has 0 spiro atoms. The molecule has 0 aromatic heterocycles. The van der Waals surface area contributed by atoms with Crippen LogP contribution in [-0.2, 0) is 11.3 Å². The van der Waals surface area contributed by atoms with Crippen LogP contribution in [0.3, 0.4) is 0 Å². The Kier molecular flexibility index (Phi) is 4.58. The molecule has 0 aliphatic carbocycles. The average Bonchev–Trinajstić information content (AvgIpc) is 2.42. The van der Waals surface area contributed by atoms with Crippen LogP contribution in [-0.4, -0.2) is 6.09 Å². The highest BCUT2D eigenvalue weighted by atomic mass is 79.9. The van der Waals surface area contributed by atoms with Crippen molar-refractivity contribution in [3.05, 3.63) is 64.1 Å². The van der Waals surface area contributed by atoms with Crippen LogP contribution in [0.4, 0.5) is 10.5 Å². The first-order valence-corrected chi connectivity index (χ1v) is 6.68. The van der Waals surface area contributed by atoms with Gasteiger partial charge >= 0.3 is 6.09 Å². The summed E-state index contributed by atoms with van der Waals surface area (Å²) in [4.78, 5) is 11.6. The molecule has 0 radical (unpaired) electrons. The maximum atomic E-state index is 11.6. The Labute approximate surface area is 120 Å². The smallest absolute Gasteiger partial charge is 0.411 e. The highest BCUT2D eigenvalue weighted by Crippen LogP contribution is 2.20. The minimum absolute atomic E-state index is 0.264. The monoisotopic (exact) mass is 319 g/mol. The molecule has 0 aliphatic rings. The van der Waals surface area contributed by atoms with Crippen LogP contribution in [0.2, 0.25) is 0 Å². The van der Waals surface area contributed by atoms with E-state index in [1.54, 1.807) is 0 Å². The molecule has 0 heterocycles. The first-order chi connectivity index (χ1) is 9.15. The summed E-state index contributed by atoms with van der Waals surface area (Å²) in [5.41, 5.74) is 2.78. The van der Waals surface area contributed by atoms with Crippen molar-refractivity contribution in [2.75, 3.05) is 5.32 Å². The van der Waals surface area contributed by atoms with Gasteiger partial charge in [-0.3, -0.25) is 5.32 Å². The van der Waals surface area contributed by atoms with Crippen LogP contribution in [0.5, 0.6) is 0 Å². The van der Waals surface area contributed by atoms with Gasteiger partial charge in [0.25, 0.3) is 0 Å².